The van der Waals surface area contributed by atoms with Gasteiger partial charge >= 0.3 is 0 Å². The number of hydrogen-bond donors (Lipinski definition) is 1. The third-order valence-corrected chi connectivity index (χ3v) is 6.94. The molecule has 0 atom stereocenters. The zero-order valence-corrected chi connectivity index (χ0v) is 18.8. The molecule has 1 aliphatic heterocycles. The minimum Gasteiger partial charge on any atom is -0.399 e. The van der Waals surface area contributed by atoms with Gasteiger partial charge in [-0.05, 0) is 60.4 Å². The number of carbonyl (C=O) groups is 2. The maximum absolute atomic E-state index is 13.1. The highest BCUT2D eigenvalue weighted by atomic mass is 35.5. The van der Waals surface area contributed by atoms with E-state index in [0.29, 0.717) is 11.4 Å². The fraction of sp³-hybridized carbons (Fsp3) is 0.0909. The van der Waals surface area contributed by atoms with Crippen LogP contribution in [0.3, 0.4) is 0 Å². The van der Waals surface area contributed by atoms with Gasteiger partial charge in [0.05, 0.1) is 36.9 Å². The number of halogens is 4. The Kier molecular flexibility index (Phi) is 5.23. The summed E-state index contributed by atoms with van der Waals surface area (Å²) in [4.78, 5) is 27.2. The van der Waals surface area contributed by atoms with Gasteiger partial charge in [0.1, 0.15) is 0 Å². The Labute approximate surface area is 193 Å². The molecule has 1 aliphatic rings. The molecule has 0 aromatic heterocycles. The second kappa shape index (κ2) is 7.47. The molecule has 0 spiro atoms. The molecule has 4 nitrogen and oxygen atoms in total. The average molecular weight is 480 g/mol. The molecule has 4 rings (SSSR count). The highest BCUT2D eigenvalue weighted by Crippen LogP contribution is 2.46. The molecule has 0 bridgehead atoms. The van der Waals surface area contributed by atoms with Gasteiger partial charge in [-0.2, -0.15) is 0 Å². The lowest BCUT2D eigenvalue weighted by Gasteiger charge is -2.18. The standard InChI is InChI=1S/C22H14Cl4N2O2/c1-9-7-11(3-5-13(9)27)12-4-6-14(10(2)8-12)28-21(29)15-16(22(28)30)18(24)20(26)19(25)17(15)23/h3-8H,27H2,1-2H3. The first-order valence-corrected chi connectivity index (χ1v) is 10.4. The number of nitrogen functional groups attached to an aromatic ring is 1. The van der Waals surface area contributed by atoms with E-state index in [1.165, 1.54) is 0 Å². The van der Waals surface area contributed by atoms with Crippen molar-refractivity contribution in [1.29, 1.82) is 0 Å². The minimum atomic E-state index is -0.598. The number of amides is 2. The van der Waals surface area contributed by atoms with Crippen molar-refractivity contribution < 1.29 is 9.59 Å². The number of rotatable bonds is 2. The van der Waals surface area contributed by atoms with Crippen LogP contribution in [-0.2, 0) is 0 Å². The molecule has 0 radical (unpaired) electrons. The van der Waals surface area contributed by atoms with Crippen molar-refractivity contribution >= 4 is 69.6 Å². The lowest BCUT2D eigenvalue weighted by molar-refractivity contribution is 0.0926. The predicted octanol–water partition coefficient (Wildman–Crippen LogP) is 6.97. The van der Waals surface area contributed by atoms with E-state index in [4.69, 9.17) is 52.1 Å². The summed E-state index contributed by atoms with van der Waals surface area (Å²) in [6.45, 7) is 3.75. The number of hydrogen-bond acceptors (Lipinski definition) is 3. The SMILES string of the molecule is Cc1cc(-c2ccc(N3C(=O)c4c(Cl)c(Cl)c(Cl)c(Cl)c4C3=O)c(C)c2)ccc1N. The Morgan fingerprint density at radius 1 is 0.700 bits per heavy atom. The molecule has 0 saturated heterocycles. The van der Waals surface area contributed by atoms with E-state index < -0.39 is 11.8 Å². The van der Waals surface area contributed by atoms with E-state index >= 15 is 0 Å². The van der Waals surface area contributed by atoms with Gasteiger partial charge in [0.2, 0.25) is 0 Å². The molecule has 0 fully saturated rings. The number of aryl methyl sites for hydroxylation is 2. The topological polar surface area (TPSA) is 63.4 Å². The van der Waals surface area contributed by atoms with Crippen molar-refractivity contribution in [2.75, 3.05) is 10.6 Å². The Hall–Kier alpha value is -2.24. The molecule has 8 heteroatoms. The van der Waals surface area contributed by atoms with E-state index in [1.54, 1.807) is 6.07 Å². The highest BCUT2D eigenvalue weighted by molar-refractivity contribution is 6.56. The summed E-state index contributed by atoms with van der Waals surface area (Å²) in [5, 5.41) is -0.297. The Balaban J connectivity index is 1.81. The van der Waals surface area contributed by atoms with Gasteiger partial charge in [-0.1, -0.05) is 58.5 Å². The molecule has 1 heterocycles. The highest BCUT2D eigenvalue weighted by Gasteiger charge is 2.42. The first-order chi connectivity index (χ1) is 14.1. The Bertz CT molecular complexity index is 1220. The summed E-state index contributed by atoms with van der Waals surface area (Å²) < 4.78 is 0. The van der Waals surface area contributed by atoms with E-state index in [1.807, 2.05) is 44.2 Å². The van der Waals surface area contributed by atoms with Gasteiger partial charge in [0.15, 0.2) is 0 Å². The number of carbonyl (C=O) groups excluding carboxylic acids is 2. The molecule has 0 saturated carbocycles. The number of fused-ring (bicyclic) bond motifs is 1. The van der Waals surface area contributed by atoms with Crippen LogP contribution in [0.25, 0.3) is 11.1 Å². The first kappa shape index (κ1) is 21.0. The summed E-state index contributed by atoms with van der Waals surface area (Å²) in [5.41, 5.74) is 10.5. The molecule has 3 aromatic carbocycles. The predicted molar refractivity (Wildman–Crippen MR) is 123 cm³/mol. The van der Waals surface area contributed by atoms with E-state index in [2.05, 4.69) is 0 Å². The third kappa shape index (κ3) is 3.07. The maximum Gasteiger partial charge on any atom is 0.267 e. The number of imide groups is 1. The smallest absolute Gasteiger partial charge is 0.267 e. The minimum absolute atomic E-state index is 0.0429. The van der Waals surface area contributed by atoms with Crippen LogP contribution < -0.4 is 10.6 Å². The summed E-state index contributed by atoms with van der Waals surface area (Å²) in [7, 11) is 0. The largest absolute Gasteiger partial charge is 0.399 e. The summed E-state index contributed by atoms with van der Waals surface area (Å²) in [6, 6.07) is 11.2. The van der Waals surface area contributed by atoms with Crippen molar-refractivity contribution in [1.82, 2.24) is 0 Å². The summed E-state index contributed by atoms with van der Waals surface area (Å²) in [6.07, 6.45) is 0. The molecule has 152 valence electrons. The molecule has 30 heavy (non-hydrogen) atoms. The number of benzene rings is 3. The van der Waals surface area contributed by atoms with Crippen LogP contribution in [0, 0.1) is 13.8 Å². The van der Waals surface area contributed by atoms with Crippen LogP contribution in [0.5, 0.6) is 0 Å². The zero-order chi connectivity index (χ0) is 21.9. The van der Waals surface area contributed by atoms with Crippen LogP contribution in [0.1, 0.15) is 31.8 Å². The molecule has 0 aliphatic carbocycles. The second-order valence-electron chi connectivity index (χ2n) is 7.02. The Morgan fingerprint density at radius 3 is 1.63 bits per heavy atom. The molecule has 0 unspecified atom stereocenters. The molecular formula is C22H14Cl4N2O2. The van der Waals surface area contributed by atoms with Crippen molar-refractivity contribution in [2.24, 2.45) is 0 Å². The maximum atomic E-state index is 13.1. The lowest BCUT2D eigenvalue weighted by Crippen LogP contribution is -2.30. The summed E-state index contributed by atoms with van der Waals surface area (Å²) >= 11 is 24.6. The van der Waals surface area contributed by atoms with Gasteiger partial charge in [-0.25, -0.2) is 4.90 Å². The lowest BCUT2D eigenvalue weighted by atomic mass is 10.00. The number of nitrogens with zero attached hydrogens (tertiary/aromatic N) is 1. The van der Waals surface area contributed by atoms with Crippen LogP contribution >= 0.6 is 46.4 Å². The fourth-order valence-corrected chi connectivity index (χ4v) is 4.52. The summed E-state index contributed by atoms with van der Waals surface area (Å²) in [5.74, 6) is -1.20. The van der Waals surface area contributed by atoms with E-state index in [-0.39, 0.29) is 31.2 Å². The second-order valence-corrected chi connectivity index (χ2v) is 8.54. The van der Waals surface area contributed by atoms with Crippen LogP contribution in [0.2, 0.25) is 20.1 Å². The van der Waals surface area contributed by atoms with Crippen molar-refractivity contribution in [3.8, 4) is 11.1 Å². The van der Waals surface area contributed by atoms with Crippen LogP contribution in [-0.4, -0.2) is 11.8 Å². The van der Waals surface area contributed by atoms with Crippen LogP contribution in [0.15, 0.2) is 36.4 Å². The van der Waals surface area contributed by atoms with Gasteiger partial charge < -0.3 is 5.73 Å². The molecule has 2 N–H and O–H groups in total. The molecule has 3 aromatic rings. The van der Waals surface area contributed by atoms with Gasteiger partial charge in [-0.3, -0.25) is 9.59 Å². The zero-order valence-electron chi connectivity index (χ0n) is 15.8. The van der Waals surface area contributed by atoms with Gasteiger partial charge in [0, 0.05) is 5.69 Å². The first-order valence-electron chi connectivity index (χ1n) is 8.85. The molecular weight excluding hydrogens is 466 g/mol. The quantitative estimate of drug-likeness (QED) is 0.187. The fourth-order valence-electron chi connectivity index (χ4n) is 3.51. The van der Waals surface area contributed by atoms with Crippen molar-refractivity contribution in [3.05, 3.63) is 78.7 Å². The van der Waals surface area contributed by atoms with Crippen LogP contribution in [0.4, 0.5) is 11.4 Å². The van der Waals surface area contributed by atoms with E-state index in [0.717, 1.165) is 27.2 Å². The number of anilines is 2. The van der Waals surface area contributed by atoms with Gasteiger partial charge in [0.25, 0.3) is 11.8 Å². The van der Waals surface area contributed by atoms with Gasteiger partial charge in [-0.15, -0.1) is 0 Å². The number of nitrogens with two attached hydrogens (primary N) is 1. The molecule has 2 amide bonds. The normalized spacial score (nSPS) is 13.2. The monoisotopic (exact) mass is 478 g/mol. The Morgan fingerprint density at radius 2 is 1.17 bits per heavy atom. The average Bonchev–Trinajstić information content (AvgIpc) is 2.97. The van der Waals surface area contributed by atoms with E-state index in [9.17, 15) is 9.59 Å². The third-order valence-electron chi connectivity index (χ3n) is 5.14. The van der Waals surface area contributed by atoms with Crippen molar-refractivity contribution in [2.45, 2.75) is 13.8 Å². The van der Waals surface area contributed by atoms with Crippen molar-refractivity contribution in [3.63, 3.8) is 0 Å².